The van der Waals surface area contributed by atoms with E-state index in [1.807, 2.05) is 40.7 Å². The first kappa shape index (κ1) is 20.2. The molecule has 2 aromatic rings. The molecule has 1 aliphatic heterocycles. The smallest absolute Gasteiger partial charge is 0.240 e. The number of rotatable bonds is 7. The molecule has 0 aliphatic carbocycles. The van der Waals surface area contributed by atoms with Crippen LogP contribution in [0, 0.1) is 0 Å². The maximum Gasteiger partial charge on any atom is 0.240 e. The molecule has 6 nitrogen and oxygen atoms in total. The van der Waals surface area contributed by atoms with Crippen molar-refractivity contribution < 1.29 is 14.7 Å². The van der Waals surface area contributed by atoms with Gasteiger partial charge in [0.25, 0.3) is 0 Å². The number of aromatic hydroxyl groups is 1. The van der Waals surface area contributed by atoms with Crippen molar-refractivity contribution in [2.75, 3.05) is 6.54 Å². The molecule has 148 valence electrons. The van der Waals surface area contributed by atoms with E-state index in [2.05, 4.69) is 5.32 Å². The van der Waals surface area contributed by atoms with Crippen LogP contribution in [-0.4, -0.2) is 39.9 Å². The molecule has 2 atom stereocenters. The number of carbonyl (C=O) groups is 2. The van der Waals surface area contributed by atoms with E-state index < -0.39 is 11.9 Å². The Morgan fingerprint density at radius 3 is 2.68 bits per heavy atom. The van der Waals surface area contributed by atoms with Crippen LogP contribution in [0.2, 0.25) is 0 Å². The fourth-order valence-electron chi connectivity index (χ4n) is 3.29. The van der Waals surface area contributed by atoms with Crippen LogP contribution in [0.15, 0.2) is 59.5 Å². The summed E-state index contributed by atoms with van der Waals surface area (Å²) >= 11 is 1.45. The minimum absolute atomic E-state index is 0.188. The highest BCUT2D eigenvalue weighted by atomic mass is 32.2. The van der Waals surface area contributed by atoms with Gasteiger partial charge in [0.2, 0.25) is 11.8 Å². The highest BCUT2D eigenvalue weighted by molar-refractivity contribution is 7.97. The maximum absolute atomic E-state index is 12.9. The number of nitrogens with one attached hydrogen (secondary N) is 1. The van der Waals surface area contributed by atoms with Crippen LogP contribution in [0.1, 0.15) is 24.8 Å². The van der Waals surface area contributed by atoms with E-state index in [4.69, 9.17) is 5.73 Å². The summed E-state index contributed by atoms with van der Waals surface area (Å²) in [7, 11) is 0. The molecule has 0 saturated carbocycles. The number of piperidine rings is 1. The number of phenols is 1. The molecule has 3 rings (SSSR count). The third-order valence-electron chi connectivity index (χ3n) is 4.74. The SMILES string of the molecule is NC(=O)[C@H](Cc1ccccc1)NC(=O)[C@@H]1CCCCN1Sc1cccc(O)c1. The van der Waals surface area contributed by atoms with Crippen LogP contribution >= 0.6 is 11.9 Å². The Hall–Kier alpha value is -2.51. The Kier molecular flexibility index (Phi) is 6.95. The van der Waals surface area contributed by atoms with Crippen LogP contribution < -0.4 is 11.1 Å². The van der Waals surface area contributed by atoms with E-state index in [1.165, 1.54) is 11.9 Å². The highest BCUT2D eigenvalue weighted by Crippen LogP contribution is 2.31. The molecule has 1 fully saturated rings. The van der Waals surface area contributed by atoms with Gasteiger partial charge in [-0.25, -0.2) is 4.31 Å². The average molecular weight is 400 g/mol. The molecule has 2 amide bonds. The third kappa shape index (κ3) is 5.50. The maximum atomic E-state index is 12.9. The zero-order chi connectivity index (χ0) is 19.9. The van der Waals surface area contributed by atoms with Crippen molar-refractivity contribution >= 4 is 23.8 Å². The van der Waals surface area contributed by atoms with E-state index in [1.54, 1.807) is 18.2 Å². The number of hydrogen-bond donors (Lipinski definition) is 3. The lowest BCUT2D eigenvalue weighted by molar-refractivity contribution is -0.130. The van der Waals surface area contributed by atoms with Crippen molar-refractivity contribution in [3.05, 3.63) is 60.2 Å². The van der Waals surface area contributed by atoms with E-state index in [9.17, 15) is 14.7 Å². The summed E-state index contributed by atoms with van der Waals surface area (Å²) in [5, 5.41) is 12.5. The molecule has 0 spiro atoms. The number of hydrogen-bond acceptors (Lipinski definition) is 5. The number of phenolic OH excluding ortho intramolecular Hbond substituents is 1. The summed E-state index contributed by atoms with van der Waals surface area (Å²) in [5.41, 5.74) is 6.48. The van der Waals surface area contributed by atoms with Crippen molar-refractivity contribution in [1.82, 2.24) is 9.62 Å². The Balaban J connectivity index is 1.68. The van der Waals surface area contributed by atoms with Gasteiger partial charge in [-0.2, -0.15) is 0 Å². The van der Waals surface area contributed by atoms with Crippen LogP contribution in [0.3, 0.4) is 0 Å². The summed E-state index contributed by atoms with van der Waals surface area (Å²) in [4.78, 5) is 25.7. The summed E-state index contributed by atoms with van der Waals surface area (Å²) in [5.74, 6) is -0.535. The number of amides is 2. The zero-order valence-electron chi connectivity index (χ0n) is 15.6. The molecule has 1 heterocycles. The molecule has 2 aromatic carbocycles. The largest absolute Gasteiger partial charge is 0.508 e. The van der Waals surface area contributed by atoms with Crippen molar-refractivity contribution in [3.8, 4) is 5.75 Å². The fourth-order valence-corrected chi connectivity index (χ4v) is 4.42. The Morgan fingerprint density at radius 2 is 1.96 bits per heavy atom. The molecule has 7 heteroatoms. The Labute approximate surface area is 169 Å². The summed E-state index contributed by atoms with van der Waals surface area (Å²) in [6.07, 6.45) is 3.04. The predicted octanol–water partition coefficient (Wildman–Crippen LogP) is 2.47. The topological polar surface area (TPSA) is 95.7 Å². The van der Waals surface area contributed by atoms with Crippen molar-refractivity contribution in [2.24, 2.45) is 5.73 Å². The van der Waals surface area contributed by atoms with Crippen LogP contribution in [0.25, 0.3) is 0 Å². The molecule has 0 bridgehead atoms. The predicted molar refractivity (Wildman–Crippen MR) is 110 cm³/mol. The second kappa shape index (κ2) is 9.61. The zero-order valence-corrected chi connectivity index (χ0v) is 16.4. The van der Waals surface area contributed by atoms with Gasteiger partial charge in [-0.1, -0.05) is 42.8 Å². The molecule has 28 heavy (non-hydrogen) atoms. The fraction of sp³-hybridized carbons (Fsp3) is 0.333. The number of nitrogens with two attached hydrogens (primary N) is 1. The molecule has 1 saturated heterocycles. The van der Waals surface area contributed by atoms with Crippen LogP contribution in [0.4, 0.5) is 0 Å². The number of carbonyl (C=O) groups excluding carboxylic acids is 2. The third-order valence-corrected chi connectivity index (χ3v) is 5.88. The molecule has 4 N–H and O–H groups in total. The van der Waals surface area contributed by atoms with Crippen LogP contribution in [0.5, 0.6) is 5.75 Å². The standard InChI is InChI=1S/C21H25N3O3S/c22-20(26)18(13-15-7-2-1-3-8-15)23-21(27)19-11-4-5-12-24(19)28-17-10-6-9-16(25)14-17/h1-3,6-10,14,18-19,25H,4-5,11-13H2,(H2,22,26)(H,23,27)/t18-,19-/m0/s1. The summed E-state index contributed by atoms with van der Waals surface area (Å²) in [6, 6.07) is 15.4. The summed E-state index contributed by atoms with van der Waals surface area (Å²) < 4.78 is 2.02. The molecular formula is C21H25N3O3S. The van der Waals surface area contributed by atoms with Gasteiger partial charge in [-0.15, -0.1) is 0 Å². The van der Waals surface area contributed by atoms with Crippen molar-refractivity contribution in [1.29, 1.82) is 0 Å². The highest BCUT2D eigenvalue weighted by Gasteiger charge is 2.32. The normalized spacial score (nSPS) is 18.4. The van der Waals surface area contributed by atoms with Gasteiger partial charge >= 0.3 is 0 Å². The van der Waals surface area contributed by atoms with Gasteiger partial charge in [0.05, 0.1) is 6.04 Å². The second-order valence-corrected chi connectivity index (χ2v) is 8.02. The quantitative estimate of drug-likeness (QED) is 0.622. The van der Waals surface area contributed by atoms with Crippen LogP contribution in [-0.2, 0) is 16.0 Å². The number of primary amides is 1. The lowest BCUT2D eigenvalue weighted by atomic mass is 10.0. The average Bonchev–Trinajstić information content (AvgIpc) is 2.68. The van der Waals surface area contributed by atoms with Gasteiger partial charge in [0.15, 0.2) is 0 Å². The monoisotopic (exact) mass is 399 g/mol. The second-order valence-electron chi connectivity index (χ2n) is 6.89. The first-order valence-electron chi connectivity index (χ1n) is 9.40. The molecule has 1 aliphatic rings. The minimum Gasteiger partial charge on any atom is -0.508 e. The lowest BCUT2D eigenvalue weighted by Gasteiger charge is -2.34. The minimum atomic E-state index is -0.746. The molecule has 0 radical (unpaired) electrons. The first-order chi connectivity index (χ1) is 13.5. The molecular weight excluding hydrogens is 374 g/mol. The van der Waals surface area contributed by atoms with Gasteiger partial charge in [0, 0.05) is 17.9 Å². The van der Waals surface area contributed by atoms with E-state index >= 15 is 0 Å². The lowest BCUT2D eigenvalue weighted by Crippen LogP contribution is -2.53. The van der Waals surface area contributed by atoms with Gasteiger partial charge < -0.3 is 16.2 Å². The Bertz CT molecular complexity index is 816. The number of nitrogens with zero attached hydrogens (tertiary/aromatic N) is 1. The Morgan fingerprint density at radius 1 is 1.18 bits per heavy atom. The van der Waals surface area contributed by atoms with E-state index in [-0.39, 0.29) is 17.7 Å². The first-order valence-corrected chi connectivity index (χ1v) is 10.2. The van der Waals surface area contributed by atoms with Gasteiger partial charge in [0.1, 0.15) is 11.8 Å². The molecule has 0 unspecified atom stereocenters. The van der Waals surface area contributed by atoms with E-state index in [0.717, 1.165) is 29.8 Å². The van der Waals surface area contributed by atoms with Gasteiger partial charge in [-0.05, 0) is 48.6 Å². The van der Waals surface area contributed by atoms with Crippen molar-refractivity contribution in [3.63, 3.8) is 0 Å². The summed E-state index contributed by atoms with van der Waals surface area (Å²) in [6.45, 7) is 0.762. The number of benzene rings is 2. The van der Waals surface area contributed by atoms with E-state index in [0.29, 0.717) is 12.8 Å². The van der Waals surface area contributed by atoms with Gasteiger partial charge in [-0.3, -0.25) is 9.59 Å². The molecule has 0 aromatic heterocycles. The van der Waals surface area contributed by atoms with Crippen molar-refractivity contribution in [2.45, 2.75) is 42.7 Å².